The van der Waals surface area contributed by atoms with Crippen LogP contribution in [0.2, 0.25) is 0 Å². The third-order valence-corrected chi connectivity index (χ3v) is 3.17. The van der Waals surface area contributed by atoms with E-state index in [0.29, 0.717) is 11.3 Å². The van der Waals surface area contributed by atoms with Crippen molar-refractivity contribution in [3.05, 3.63) is 40.8 Å². The molecule has 1 heterocycles. The number of hydrogen-bond donors (Lipinski definition) is 0. The van der Waals surface area contributed by atoms with Gasteiger partial charge in [-0.25, -0.2) is 14.0 Å². The molecule has 0 N–H and O–H groups in total. The quantitative estimate of drug-likeness (QED) is 0.789. The lowest BCUT2D eigenvalue weighted by Crippen LogP contribution is -2.38. The maximum absolute atomic E-state index is 13.6. The van der Waals surface area contributed by atoms with Crippen LogP contribution < -0.4 is 4.90 Å². The molecule has 0 amide bonds. The molecule has 0 radical (unpaired) electrons. The lowest BCUT2D eigenvalue weighted by molar-refractivity contribution is -0.140. The van der Waals surface area contributed by atoms with Crippen molar-refractivity contribution in [2.75, 3.05) is 32.5 Å². The Kier molecular flexibility index (Phi) is 4.77. The van der Waals surface area contributed by atoms with Crippen LogP contribution in [0.25, 0.3) is 0 Å². The van der Waals surface area contributed by atoms with Gasteiger partial charge in [-0.15, -0.1) is 0 Å². The Morgan fingerprint density at radius 3 is 2.45 bits per heavy atom. The van der Waals surface area contributed by atoms with Gasteiger partial charge >= 0.3 is 11.9 Å². The molecule has 0 saturated heterocycles. The Bertz CT molecular complexity index is 621. The van der Waals surface area contributed by atoms with Crippen molar-refractivity contribution in [2.45, 2.75) is 6.92 Å². The molecule has 1 aliphatic rings. The third kappa shape index (κ3) is 3.09. The first kappa shape index (κ1) is 16.0. The molecule has 0 spiro atoms. The minimum Gasteiger partial charge on any atom is -0.466 e. The number of esters is 2. The van der Waals surface area contributed by atoms with Crippen molar-refractivity contribution < 1.29 is 28.2 Å². The van der Waals surface area contributed by atoms with Gasteiger partial charge in [0.15, 0.2) is 0 Å². The molecule has 0 atom stereocenters. The predicted molar refractivity (Wildman–Crippen MR) is 75.5 cm³/mol. The van der Waals surface area contributed by atoms with E-state index in [2.05, 4.69) is 4.74 Å². The van der Waals surface area contributed by atoms with E-state index in [-0.39, 0.29) is 24.6 Å². The van der Waals surface area contributed by atoms with Crippen LogP contribution in [0.3, 0.4) is 0 Å². The SMILES string of the molecule is COC(=O)C1=C(C(=O)OC)N(c2cc(C)cc(F)c2)COC1. The number of ether oxygens (including phenoxy) is 3. The summed E-state index contributed by atoms with van der Waals surface area (Å²) in [6, 6.07) is 4.28. The predicted octanol–water partition coefficient (Wildman–Crippen LogP) is 1.53. The molecule has 0 unspecified atom stereocenters. The Balaban J connectivity index is 2.57. The standard InChI is InChI=1S/C15H16FNO5/c1-9-4-10(16)6-11(5-9)17-8-22-7-12(14(18)20-2)13(17)15(19)21-3/h4-6H,7-8H2,1-3H3. The number of halogens is 1. The average molecular weight is 309 g/mol. The lowest BCUT2D eigenvalue weighted by Gasteiger charge is -2.31. The molecule has 0 fully saturated rings. The molecule has 0 aromatic heterocycles. The lowest BCUT2D eigenvalue weighted by atomic mass is 10.1. The summed E-state index contributed by atoms with van der Waals surface area (Å²) in [6.45, 7) is 1.63. The number of carbonyl (C=O) groups excluding carboxylic acids is 2. The first-order chi connectivity index (χ1) is 10.5. The Hall–Kier alpha value is -2.41. The second kappa shape index (κ2) is 6.57. The van der Waals surface area contributed by atoms with Crippen molar-refractivity contribution >= 4 is 17.6 Å². The molecule has 2 rings (SSSR count). The summed E-state index contributed by atoms with van der Waals surface area (Å²) in [5.41, 5.74) is 1.08. The number of aryl methyl sites for hydroxylation is 1. The van der Waals surface area contributed by atoms with Crippen molar-refractivity contribution in [1.82, 2.24) is 0 Å². The fourth-order valence-electron chi connectivity index (χ4n) is 2.22. The van der Waals surface area contributed by atoms with Gasteiger partial charge in [-0.05, 0) is 30.7 Å². The fourth-order valence-corrected chi connectivity index (χ4v) is 2.22. The number of carbonyl (C=O) groups is 2. The minimum absolute atomic E-state index is 0.00613. The van der Waals surface area contributed by atoms with Gasteiger partial charge in [-0.3, -0.25) is 0 Å². The first-order valence-corrected chi connectivity index (χ1v) is 6.50. The van der Waals surface area contributed by atoms with Crippen LogP contribution in [0.1, 0.15) is 5.56 Å². The maximum Gasteiger partial charge on any atom is 0.355 e. The fraction of sp³-hybridized carbons (Fsp3) is 0.333. The van der Waals surface area contributed by atoms with Gasteiger partial charge < -0.3 is 19.1 Å². The van der Waals surface area contributed by atoms with Crippen molar-refractivity contribution in [3.63, 3.8) is 0 Å². The molecule has 0 aliphatic carbocycles. The van der Waals surface area contributed by atoms with Crippen molar-refractivity contribution in [2.24, 2.45) is 0 Å². The molecule has 6 nitrogen and oxygen atoms in total. The molecule has 7 heteroatoms. The molecular formula is C15H16FNO5. The number of rotatable bonds is 3. The van der Waals surface area contributed by atoms with Gasteiger partial charge in [-0.1, -0.05) is 0 Å². The third-order valence-electron chi connectivity index (χ3n) is 3.17. The summed E-state index contributed by atoms with van der Waals surface area (Å²) in [7, 11) is 2.41. The highest BCUT2D eigenvalue weighted by Gasteiger charge is 2.32. The van der Waals surface area contributed by atoms with Crippen LogP contribution in [-0.2, 0) is 23.8 Å². The van der Waals surface area contributed by atoms with Gasteiger partial charge in [-0.2, -0.15) is 0 Å². The molecule has 118 valence electrons. The molecule has 0 saturated carbocycles. The van der Waals surface area contributed by atoms with E-state index < -0.39 is 17.8 Å². The second-order valence-corrected chi connectivity index (χ2v) is 4.70. The van der Waals surface area contributed by atoms with Crippen LogP contribution in [-0.4, -0.2) is 39.5 Å². The van der Waals surface area contributed by atoms with E-state index in [1.54, 1.807) is 13.0 Å². The zero-order valence-electron chi connectivity index (χ0n) is 12.5. The van der Waals surface area contributed by atoms with Crippen LogP contribution in [0.5, 0.6) is 0 Å². The van der Waals surface area contributed by atoms with Gasteiger partial charge in [0.1, 0.15) is 18.2 Å². The van der Waals surface area contributed by atoms with E-state index in [0.717, 1.165) is 0 Å². The van der Waals surface area contributed by atoms with Gasteiger partial charge in [0.25, 0.3) is 0 Å². The zero-order valence-corrected chi connectivity index (χ0v) is 12.5. The van der Waals surface area contributed by atoms with Gasteiger partial charge in [0, 0.05) is 5.69 Å². The number of methoxy groups -OCH3 is 2. The van der Waals surface area contributed by atoms with Crippen LogP contribution >= 0.6 is 0 Å². The second-order valence-electron chi connectivity index (χ2n) is 4.70. The van der Waals surface area contributed by atoms with Gasteiger partial charge in [0.05, 0.1) is 26.4 Å². The Morgan fingerprint density at radius 2 is 1.86 bits per heavy atom. The first-order valence-electron chi connectivity index (χ1n) is 6.50. The molecule has 0 bridgehead atoms. The summed E-state index contributed by atoms with van der Waals surface area (Å²) in [4.78, 5) is 25.3. The van der Waals surface area contributed by atoms with Gasteiger partial charge in [0.2, 0.25) is 0 Å². The number of benzene rings is 1. The van der Waals surface area contributed by atoms with E-state index in [1.807, 2.05) is 0 Å². The smallest absolute Gasteiger partial charge is 0.355 e. The van der Waals surface area contributed by atoms with E-state index in [4.69, 9.17) is 9.47 Å². The van der Waals surface area contributed by atoms with Crippen molar-refractivity contribution in [1.29, 1.82) is 0 Å². The van der Waals surface area contributed by atoms with Crippen LogP contribution in [0.15, 0.2) is 29.5 Å². The molecule has 1 aromatic rings. The topological polar surface area (TPSA) is 65.1 Å². The number of nitrogens with zero attached hydrogens (tertiary/aromatic N) is 1. The van der Waals surface area contributed by atoms with E-state index in [9.17, 15) is 14.0 Å². The summed E-state index contributed by atoms with van der Waals surface area (Å²) in [5, 5.41) is 0. The summed E-state index contributed by atoms with van der Waals surface area (Å²) < 4.78 is 28.3. The highest BCUT2D eigenvalue weighted by molar-refractivity contribution is 6.03. The highest BCUT2D eigenvalue weighted by atomic mass is 19.1. The Morgan fingerprint density at radius 1 is 1.18 bits per heavy atom. The Labute approximate surface area is 127 Å². The van der Waals surface area contributed by atoms with E-state index in [1.165, 1.54) is 31.3 Å². The minimum atomic E-state index is -0.717. The highest BCUT2D eigenvalue weighted by Crippen LogP contribution is 2.28. The van der Waals surface area contributed by atoms with Crippen molar-refractivity contribution in [3.8, 4) is 0 Å². The van der Waals surface area contributed by atoms with E-state index >= 15 is 0 Å². The molecule has 1 aromatic carbocycles. The molecule has 22 heavy (non-hydrogen) atoms. The summed E-state index contributed by atoms with van der Waals surface area (Å²) >= 11 is 0. The largest absolute Gasteiger partial charge is 0.466 e. The van der Waals surface area contributed by atoms with Crippen LogP contribution in [0, 0.1) is 12.7 Å². The molecular weight excluding hydrogens is 293 g/mol. The van der Waals surface area contributed by atoms with Crippen LogP contribution in [0.4, 0.5) is 10.1 Å². The molecule has 1 aliphatic heterocycles. The summed E-state index contributed by atoms with van der Waals surface area (Å²) in [6.07, 6.45) is 0. The summed E-state index contributed by atoms with van der Waals surface area (Å²) in [5.74, 6) is -1.87. The number of hydrogen-bond acceptors (Lipinski definition) is 6. The zero-order chi connectivity index (χ0) is 16.3. The average Bonchev–Trinajstić information content (AvgIpc) is 2.51. The number of anilines is 1. The monoisotopic (exact) mass is 309 g/mol. The maximum atomic E-state index is 13.6. The normalized spacial score (nSPS) is 14.8.